The molecular weight excluding hydrogens is 264 g/mol. The highest BCUT2D eigenvalue weighted by Crippen LogP contribution is 2.52. The van der Waals surface area contributed by atoms with Crippen LogP contribution < -0.4 is 0 Å². The van der Waals surface area contributed by atoms with Gasteiger partial charge in [0.1, 0.15) is 0 Å². The minimum Gasteiger partial charge on any atom is -0.0879 e. The predicted molar refractivity (Wildman–Crippen MR) is 93.4 cm³/mol. The van der Waals surface area contributed by atoms with Crippen LogP contribution in [-0.2, 0) is 0 Å². The summed E-state index contributed by atoms with van der Waals surface area (Å²) in [7, 11) is 0. The molecule has 22 heavy (non-hydrogen) atoms. The lowest BCUT2D eigenvalue weighted by molar-refractivity contribution is 0.398. The lowest BCUT2D eigenvalue weighted by Crippen LogP contribution is -2.12. The highest BCUT2D eigenvalue weighted by Gasteiger charge is 2.44. The zero-order valence-electron chi connectivity index (χ0n) is 12.8. The molecule has 0 nitrogen and oxygen atoms in total. The van der Waals surface area contributed by atoms with Gasteiger partial charge in [-0.05, 0) is 47.6 Å². The molecule has 3 aliphatic rings. The van der Waals surface area contributed by atoms with E-state index < -0.39 is 0 Å². The molecule has 5 rings (SSSR count). The van der Waals surface area contributed by atoms with Crippen LogP contribution in [0.5, 0.6) is 0 Å². The Morgan fingerprint density at radius 1 is 0.636 bits per heavy atom. The first-order chi connectivity index (χ1) is 10.9. The van der Waals surface area contributed by atoms with Crippen LogP contribution >= 0.6 is 0 Å². The molecule has 0 heteroatoms. The lowest BCUT2D eigenvalue weighted by atomic mass is 9.86. The van der Waals surface area contributed by atoms with Gasteiger partial charge in [0.05, 0.1) is 0 Å². The molecule has 0 aliphatic heterocycles. The van der Waals surface area contributed by atoms with Gasteiger partial charge in [0.25, 0.3) is 0 Å². The van der Waals surface area contributed by atoms with E-state index in [1.165, 1.54) is 24.0 Å². The van der Waals surface area contributed by atoms with Crippen LogP contribution in [0.4, 0.5) is 0 Å². The molecule has 4 unspecified atom stereocenters. The zero-order chi connectivity index (χ0) is 14.8. The van der Waals surface area contributed by atoms with Crippen molar-refractivity contribution in [1.29, 1.82) is 0 Å². The summed E-state index contributed by atoms with van der Waals surface area (Å²) in [6, 6.07) is 20.8. The van der Waals surface area contributed by atoms with Crippen LogP contribution in [0.25, 0.3) is 11.1 Å². The third kappa shape index (κ3) is 2.54. The van der Waals surface area contributed by atoms with Gasteiger partial charge < -0.3 is 0 Å². The van der Waals surface area contributed by atoms with Crippen molar-refractivity contribution in [2.75, 3.05) is 0 Å². The second-order valence-electron chi connectivity index (χ2n) is 6.59. The smallest absolute Gasteiger partial charge is 0.0133 e. The molecule has 4 atom stereocenters. The molecule has 0 N–H and O–H groups in total. The van der Waals surface area contributed by atoms with Gasteiger partial charge >= 0.3 is 0 Å². The molecule has 0 spiro atoms. The molecule has 0 amide bonds. The minimum absolute atomic E-state index is 0.925. The summed E-state index contributed by atoms with van der Waals surface area (Å²) in [4.78, 5) is 0. The third-order valence-electron chi connectivity index (χ3n) is 5.34. The molecule has 0 heterocycles. The van der Waals surface area contributed by atoms with Crippen molar-refractivity contribution in [2.45, 2.75) is 12.8 Å². The summed E-state index contributed by atoms with van der Waals surface area (Å²) in [6.45, 7) is 0. The summed E-state index contributed by atoms with van der Waals surface area (Å²) in [5.74, 6) is 3.82. The number of benzene rings is 2. The van der Waals surface area contributed by atoms with Crippen molar-refractivity contribution in [3.05, 3.63) is 85.0 Å². The predicted octanol–water partition coefficient (Wildman–Crippen LogP) is 5.74. The summed E-state index contributed by atoms with van der Waals surface area (Å²) in [6.07, 6.45) is 12.5. The van der Waals surface area contributed by atoms with Crippen molar-refractivity contribution >= 4 is 0 Å². The van der Waals surface area contributed by atoms with Gasteiger partial charge in [-0.1, -0.05) is 85.0 Å². The van der Waals surface area contributed by atoms with Gasteiger partial charge in [-0.2, -0.15) is 0 Å². The fourth-order valence-corrected chi connectivity index (χ4v) is 4.23. The summed E-state index contributed by atoms with van der Waals surface area (Å²) >= 11 is 0. The van der Waals surface area contributed by atoms with Crippen molar-refractivity contribution in [3.63, 3.8) is 0 Å². The molecule has 2 aromatic rings. The summed E-state index contributed by atoms with van der Waals surface area (Å²) in [5.41, 5.74) is 2.55. The average Bonchev–Trinajstić information content (AvgIpc) is 3.31. The molecule has 2 bridgehead atoms. The summed E-state index contributed by atoms with van der Waals surface area (Å²) in [5, 5.41) is 0. The van der Waals surface area contributed by atoms with Crippen molar-refractivity contribution in [2.24, 2.45) is 23.7 Å². The Morgan fingerprint density at radius 2 is 1.23 bits per heavy atom. The first-order valence-corrected chi connectivity index (χ1v) is 8.37. The second-order valence-corrected chi connectivity index (χ2v) is 6.59. The standard InChI is InChI=1S/C12H10.C10H12/c1-3-7-11(8-4-1)12-9-5-2-6-10-12;1-2-9-7-4-5-8(6-7)10(9)3-1/h1-10H;1-2,4-5,7-10H,3,6H2. The van der Waals surface area contributed by atoms with E-state index in [2.05, 4.69) is 72.8 Å². The van der Waals surface area contributed by atoms with Crippen LogP contribution in [0.2, 0.25) is 0 Å². The van der Waals surface area contributed by atoms with Crippen LogP contribution in [0, 0.1) is 23.7 Å². The van der Waals surface area contributed by atoms with E-state index in [4.69, 9.17) is 0 Å². The quantitative estimate of drug-likeness (QED) is 0.586. The van der Waals surface area contributed by atoms with Crippen LogP contribution in [0.15, 0.2) is 85.0 Å². The Hall–Kier alpha value is -2.08. The fourth-order valence-electron chi connectivity index (χ4n) is 4.23. The molecule has 1 saturated carbocycles. The Bertz CT molecular complexity index is 628. The molecule has 3 aliphatic carbocycles. The third-order valence-corrected chi connectivity index (χ3v) is 5.34. The normalized spacial score (nSPS) is 30.0. The number of fused-ring (bicyclic) bond motifs is 5. The van der Waals surface area contributed by atoms with E-state index >= 15 is 0 Å². The van der Waals surface area contributed by atoms with Gasteiger partial charge in [-0.15, -0.1) is 0 Å². The van der Waals surface area contributed by atoms with Crippen LogP contribution in [0.3, 0.4) is 0 Å². The number of rotatable bonds is 1. The van der Waals surface area contributed by atoms with Crippen LogP contribution in [0.1, 0.15) is 12.8 Å². The first-order valence-electron chi connectivity index (χ1n) is 8.37. The molecule has 0 aromatic heterocycles. The van der Waals surface area contributed by atoms with Crippen molar-refractivity contribution < 1.29 is 0 Å². The topological polar surface area (TPSA) is 0 Å². The Kier molecular flexibility index (Phi) is 3.68. The van der Waals surface area contributed by atoms with Gasteiger partial charge in [0, 0.05) is 0 Å². The van der Waals surface area contributed by atoms with E-state index in [1.807, 2.05) is 12.1 Å². The Balaban J connectivity index is 0.000000115. The fraction of sp³-hybridized carbons (Fsp3) is 0.273. The zero-order valence-corrected chi connectivity index (χ0v) is 12.8. The van der Waals surface area contributed by atoms with E-state index in [0.717, 1.165) is 23.7 Å². The van der Waals surface area contributed by atoms with E-state index in [9.17, 15) is 0 Å². The largest absolute Gasteiger partial charge is 0.0879 e. The number of hydrogen-bond donors (Lipinski definition) is 0. The van der Waals surface area contributed by atoms with E-state index in [-0.39, 0.29) is 0 Å². The highest BCUT2D eigenvalue weighted by atomic mass is 14.5. The molecule has 0 saturated heterocycles. The maximum absolute atomic E-state index is 2.44. The van der Waals surface area contributed by atoms with Crippen molar-refractivity contribution in [1.82, 2.24) is 0 Å². The van der Waals surface area contributed by atoms with Crippen molar-refractivity contribution in [3.8, 4) is 11.1 Å². The van der Waals surface area contributed by atoms with Gasteiger partial charge in [0.2, 0.25) is 0 Å². The van der Waals surface area contributed by atoms with E-state index in [0.29, 0.717) is 0 Å². The maximum atomic E-state index is 2.44. The first kappa shape index (κ1) is 13.6. The van der Waals surface area contributed by atoms with Gasteiger partial charge in [-0.3, -0.25) is 0 Å². The highest BCUT2D eigenvalue weighted by molar-refractivity contribution is 5.62. The lowest BCUT2D eigenvalue weighted by Gasteiger charge is -2.18. The SMILES string of the molecule is C1=CC2C3C=CC(C3)C2C1.c1ccc(-c2ccccc2)cc1. The van der Waals surface area contributed by atoms with Gasteiger partial charge in [-0.25, -0.2) is 0 Å². The second kappa shape index (κ2) is 5.96. The molecule has 0 radical (unpaired) electrons. The Morgan fingerprint density at radius 3 is 1.82 bits per heavy atom. The molecule has 110 valence electrons. The van der Waals surface area contributed by atoms with Gasteiger partial charge in [0.15, 0.2) is 0 Å². The average molecular weight is 286 g/mol. The van der Waals surface area contributed by atoms with E-state index in [1.54, 1.807) is 0 Å². The maximum Gasteiger partial charge on any atom is -0.0133 e. The minimum atomic E-state index is 0.925. The number of hydrogen-bond acceptors (Lipinski definition) is 0. The molecule has 2 aromatic carbocycles. The molecular formula is C22H22. The Labute approximate surface area is 133 Å². The monoisotopic (exact) mass is 286 g/mol. The molecule has 1 fully saturated rings. The van der Waals surface area contributed by atoms with Crippen LogP contribution in [-0.4, -0.2) is 0 Å². The number of allylic oxidation sites excluding steroid dienone is 4. The summed E-state index contributed by atoms with van der Waals surface area (Å²) < 4.78 is 0.